The van der Waals surface area contributed by atoms with Crippen LogP contribution < -0.4 is 10.6 Å². The molecule has 1 aromatic rings. The first-order valence-corrected chi connectivity index (χ1v) is 4.92. The lowest BCUT2D eigenvalue weighted by Crippen LogP contribution is -2.33. The Kier molecular flexibility index (Phi) is 2.44. The maximum atomic E-state index is 13.3. The number of hydrogen-bond donors (Lipinski definition) is 1. The number of anilines is 1. The summed E-state index contributed by atoms with van der Waals surface area (Å²) in [5.74, 6) is -0.418. The second-order valence-corrected chi connectivity index (χ2v) is 3.82. The molecule has 3 nitrogen and oxygen atoms in total. The minimum Gasteiger partial charge on any atom is -0.320 e. The molecule has 1 atom stereocenters. The zero-order valence-corrected chi connectivity index (χ0v) is 8.53. The highest BCUT2D eigenvalue weighted by atomic mass is 19.1. The van der Waals surface area contributed by atoms with Crippen LogP contribution in [0.25, 0.3) is 0 Å². The van der Waals surface area contributed by atoms with Crippen molar-refractivity contribution in [2.75, 3.05) is 11.4 Å². The fourth-order valence-electron chi connectivity index (χ4n) is 1.71. The van der Waals surface area contributed by atoms with Crippen LogP contribution in [0, 0.1) is 12.7 Å². The van der Waals surface area contributed by atoms with Crippen LogP contribution >= 0.6 is 0 Å². The predicted molar refractivity (Wildman–Crippen MR) is 56.1 cm³/mol. The molecule has 80 valence electrons. The van der Waals surface area contributed by atoms with Gasteiger partial charge in [-0.1, -0.05) is 6.07 Å². The number of nitrogens with zero attached hydrogens (tertiary/aromatic N) is 1. The number of amides is 1. The maximum absolute atomic E-state index is 13.3. The average molecular weight is 208 g/mol. The topological polar surface area (TPSA) is 46.3 Å². The number of nitrogens with two attached hydrogens (primary N) is 1. The molecule has 1 heterocycles. The van der Waals surface area contributed by atoms with Crippen molar-refractivity contribution < 1.29 is 9.18 Å². The maximum Gasteiger partial charge on any atom is 0.243 e. The molecule has 1 amide bonds. The van der Waals surface area contributed by atoms with Gasteiger partial charge < -0.3 is 10.6 Å². The van der Waals surface area contributed by atoms with Crippen molar-refractivity contribution in [3.63, 3.8) is 0 Å². The van der Waals surface area contributed by atoms with Crippen LogP contribution in [0.1, 0.15) is 12.0 Å². The molecule has 1 aliphatic rings. The molecule has 1 aliphatic heterocycles. The fourth-order valence-corrected chi connectivity index (χ4v) is 1.71. The number of hydrogen-bond acceptors (Lipinski definition) is 2. The van der Waals surface area contributed by atoms with Gasteiger partial charge in [0.2, 0.25) is 5.91 Å². The molecular weight excluding hydrogens is 195 g/mol. The van der Waals surface area contributed by atoms with E-state index in [4.69, 9.17) is 5.73 Å². The Morgan fingerprint density at radius 2 is 2.27 bits per heavy atom. The fraction of sp³-hybridized carbons (Fsp3) is 0.364. The van der Waals surface area contributed by atoms with E-state index in [-0.39, 0.29) is 11.7 Å². The summed E-state index contributed by atoms with van der Waals surface area (Å²) in [4.78, 5) is 13.1. The first-order chi connectivity index (χ1) is 7.09. The molecule has 1 unspecified atom stereocenters. The van der Waals surface area contributed by atoms with Gasteiger partial charge in [0.05, 0.1) is 6.04 Å². The summed E-state index contributed by atoms with van der Waals surface area (Å²) in [6, 6.07) is 4.36. The molecule has 2 N–H and O–H groups in total. The van der Waals surface area contributed by atoms with Gasteiger partial charge in [-0.2, -0.15) is 0 Å². The van der Waals surface area contributed by atoms with Crippen LogP contribution in [0.4, 0.5) is 10.1 Å². The summed E-state index contributed by atoms with van der Waals surface area (Å²) in [6.07, 6.45) is 0.633. The number of rotatable bonds is 1. The summed E-state index contributed by atoms with van der Waals surface area (Å²) in [7, 11) is 0. The molecule has 4 heteroatoms. The van der Waals surface area contributed by atoms with Crippen LogP contribution in [0.3, 0.4) is 0 Å². The number of carbonyl (C=O) groups is 1. The molecule has 1 saturated heterocycles. The van der Waals surface area contributed by atoms with Crippen molar-refractivity contribution in [1.29, 1.82) is 0 Å². The highest BCUT2D eigenvalue weighted by Crippen LogP contribution is 2.22. The Hall–Kier alpha value is -1.42. The zero-order chi connectivity index (χ0) is 11.0. The van der Waals surface area contributed by atoms with Gasteiger partial charge in [-0.15, -0.1) is 0 Å². The second-order valence-electron chi connectivity index (χ2n) is 3.82. The van der Waals surface area contributed by atoms with Crippen LogP contribution in [0.5, 0.6) is 0 Å². The summed E-state index contributed by atoms with van der Waals surface area (Å²) in [6.45, 7) is 2.26. The molecular formula is C11H13FN2O. The van der Waals surface area contributed by atoms with Crippen molar-refractivity contribution in [3.8, 4) is 0 Å². The Morgan fingerprint density at radius 1 is 1.53 bits per heavy atom. The summed E-state index contributed by atoms with van der Waals surface area (Å²) in [5, 5.41) is 0. The Labute approximate surface area is 87.7 Å². The number of benzene rings is 1. The van der Waals surface area contributed by atoms with Gasteiger partial charge in [-0.3, -0.25) is 4.79 Å². The van der Waals surface area contributed by atoms with Crippen LogP contribution in [-0.2, 0) is 4.79 Å². The third-order valence-corrected chi connectivity index (χ3v) is 2.71. The summed E-state index contributed by atoms with van der Waals surface area (Å²) in [5.41, 5.74) is 6.76. The van der Waals surface area contributed by atoms with Gasteiger partial charge in [0.1, 0.15) is 5.82 Å². The van der Waals surface area contributed by atoms with E-state index in [2.05, 4.69) is 0 Å². The Morgan fingerprint density at radius 3 is 2.80 bits per heavy atom. The van der Waals surface area contributed by atoms with E-state index in [1.165, 1.54) is 11.0 Å². The minimum atomic E-state index is -0.436. The van der Waals surface area contributed by atoms with Crippen molar-refractivity contribution in [1.82, 2.24) is 0 Å². The van der Waals surface area contributed by atoms with Crippen molar-refractivity contribution in [2.24, 2.45) is 5.73 Å². The molecule has 0 bridgehead atoms. The third kappa shape index (κ3) is 1.72. The molecule has 0 radical (unpaired) electrons. The van der Waals surface area contributed by atoms with Crippen molar-refractivity contribution in [3.05, 3.63) is 29.6 Å². The Balaban J connectivity index is 2.31. The van der Waals surface area contributed by atoms with Gasteiger partial charge in [-0.05, 0) is 31.0 Å². The minimum absolute atomic E-state index is 0.127. The standard InChI is InChI=1S/C11H13FN2O/c1-7-2-3-8(6-9(7)12)14-5-4-10(13)11(14)15/h2-3,6,10H,4-5,13H2,1H3. The third-order valence-electron chi connectivity index (χ3n) is 2.71. The van der Waals surface area contributed by atoms with E-state index in [1.54, 1.807) is 19.1 Å². The van der Waals surface area contributed by atoms with Crippen molar-refractivity contribution in [2.45, 2.75) is 19.4 Å². The van der Waals surface area contributed by atoms with Gasteiger partial charge in [0, 0.05) is 12.2 Å². The van der Waals surface area contributed by atoms with E-state index in [0.717, 1.165) is 0 Å². The Bertz CT molecular complexity index is 406. The molecule has 1 aromatic carbocycles. The van der Waals surface area contributed by atoms with E-state index in [1.807, 2.05) is 0 Å². The van der Waals surface area contributed by atoms with E-state index >= 15 is 0 Å². The van der Waals surface area contributed by atoms with Gasteiger partial charge in [0.15, 0.2) is 0 Å². The quantitative estimate of drug-likeness (QED) is 0.753. The van der Waals surface area contributed by atoms with Gasteiger partial charge in [-0.25, -0.2) is 4.39 Å². The highest BCUT2D eigenvalue weighted by Gasteiger charge is 2.29. The van der Waals surface area contributed by atoms with Gasteiger partial charge >= 0.3 is 0 Å². The molecule has 15 heavy (non-hydrogen) atoms. The lowest BCUT2D eigenvalue weighted by Gasteiger charge is -2.16. The predicted octanol–water partition coefficient (Wildman–Crippen LogP) is 1.20. The highest BCUT2D eigenvalue weighted by molar-refractivity contribution is 5.99. The molecule has 2 rings (SSSR count). The number of halogens is 1. The van der Waals surface area contributed by atoms with E-state index in [0.29, 0.717) is 24.2 Å². The molecule has 0 saturated carbocycles. The number of aryl methyl sites for hydroxylation is 1. The first kappa shape index (κ1) is 10.1. The van der Waals surface area contributed by atoms with Crippen LogP contribution in [0.15, 0.2) is 18.2 Å². The summed E-state index contributed by atoms with van der Waals surface area (Å²) < 4.78 is 13.3. The molecule has 1 fully saturated rings. The average Bonchev–Trinajstić information content (AvgIpc) is 2.53. The van der Waals surface area contributed by atoms with Crippen LogP contribution in [0.2, 0.25) is 0 Å². The van der Waals surface area contributed by atoms with Gasteiger partial charge in [0.25, 0.3) is 0 Å². The smallest absolute Gasteiger partial charge is 0.243 e. The normalized spacial score (nSPS) is 21.1. The first-order valence-electron chi connectivity index (χ1n) is 4.92. The lowest BCUT2D eigenvalue weighted by atomic mass is 10.2. The molecule has 0 aliphatic carbocycles. The van der Waals surface area contributed by atoms with Crippen molar-refractivity contribution >= 4 is 11.6 Å². The van der Waals surface area contributed by atoms with E-state index < -0.39 is 6.04 Å². The monoisotopic (exact) mass is 208 g/mol. The van der Waals surface area contributed by atoms with E-state index in [9.17, 15) is 9.18 Å². The zero-order valence-electron chi connectivity index (χ0n) is 8.53. The largest absolute Gasteiger partial charge is 0.320 e. The summed E-state index contributed by atoms with van der Waals surface area (Å²) >= 11 is 0. The molecule has 0 aromatic heterocycles. The lowest BCUT2D eigenvalue weighted by molar-refractivity contribution is -0.118. The number of carbonyl (C=O) groups excluding carboxylic acids is 1. The second kappa shape index (κ2) is 3.62. The van der Waals surface area contributed by atoms with Crippen LogP contribution in [-0.4, -0.2) is 18.5 Å². The molecule has 0 spiro atoms. The SMILES string of the molecule is Cc1ccc(N2CCC(N)C2=O)cc1F.